The third kappa shape index (κ3) is 1.87. The SMILES string of the molecule is COc1ncn(-c2ncccc2Cl)c(=O)n1. The van der Waals surface area contributed by atoms with Crippen LogP contribution in [0.15, 0.2) is 29.5 Å². The molecule has 0 aliphatic rings. The van der Waals surface area contributed by atoms with Gasteiger partial charge in [-0.2, -0.15) is 4.98 Å². The van der Waals surface area contributed by atoms with Crippen LogP contribution in [0.3, 0.4) is 0 Å². The van der Waals surface area contributed by atoms with Crippen molar-refractivity contribution in [3.63, 3.8) is 0 Å². The molecule has 0 aromatic carbocycles. The van der Waals surface area contributed by atoms with Gasteiger partial charge in [-0.3, -0.25) is 0 Å². The van der Waals surface area contributed by atoms with E-state index in [-0.39, 0.29) is 11.8 Å². The van der Waals surface area contributed by atoms with Crippen molar-refractivity contribution in [2.75, 3.05) is 7.11 Å². The summed E-state index contributed by atoms with van der Waals surface area (Å²) in [6.45, 7) is 0. The first-order chi connectivity index (χ1) is 7.72. The molecule has 0 aliphatic heterocycles. The molecule has 7 heteroatoms. The van der Waals surface area contributed by atoms with Crippen LogP contribution in [0.25, 0.3) is 5.82 Å². The van der Waals surface area contributed by atoms with E-state index in [9.17, 15) is 4.79 Å². The van der Waals surface area contributed by atoms with Crippen LogP contribution in [0.2, 0.25) is 5.02 Å². The van der Waals surface area contributed by atoms with Gasteiger partial charge in [-0.05, 0) is 12.1 Å². The molecule has 0 radical (unpaired) electrons. The molecule has 0 unspecified atom stereocenters. The normalized spacial score (nSPS) is 10.1. The zero-order chi connectivity index (χ0) is 11.5. The van der Waals surface area contributed by atoms with Gasteiger partial charge >= 0.3 is 11.7 Å². The van der Waals surface area contributed by atoms with Gasteiger partial charge in [0.25, 0.3) is 0 Å². The van der Waals surface area contributed by atoms with Gasteiger partial charge in [0, 0.05) is 6.20 Å². The topological polar surface area (TPSA) is 69.9 Å². The average Bonchev–Trinajstić information content (AvgIpc) is 2.30. The van der Waals surface area contributed by atoms with Gasteiger partial charge < -0.3 is 4.74 Å². The molecular formula is C9H7ClN4O2. The molecule has 0 bridgehead atoms. The maximum atomic E-state index is 11.6. The lowest BCUT2D eigenvalue weighted by Crippen LogP contribution is -2.23. The Balaban J connectivity index is 2.58. The predicted octanol–water partition coefficient (Wildman–Crippen LogP) is 0.684. The van der Waals surface area contributed by atoms with Crippen molar-refractivity contribution >= 4 is 11.6 Å². The first-order valence-corrected chi connectivity index (χ1v) is 4.71. The number of hydrogen-bond acceptors (Lipinski definition) is 5. The maximum absolute atomic E-state index is 11.6. The predicted molar refractivity (Wildman–Crippen MR) is 57.0 cm³/mol. The smallest absolute Gasteiger partial charge is 0.359 e. The fourth-order valence-electron chi connectivity index (χ4n) is 1.12. The van der Waals surface area contributed by atoms with Gasteiger partial charge in [0.1, 0.15) is 6.33 Å². The summed E-state index contributed by atoms with van der Waals surface area (Å²) in [6, 6.07) is 3.30. The van der Waals surface area contributed by atoms with Crippen molar-refractivity contribution in [3.05, 3.63) is 40.2 Å². The molecule has 2 aromatic rings. The summed E-state index contributed by atoms with van der Waals surface area (Å²) in [5.41, 5.74) is -0.549. The minimum atomic E-state index is -0.549. The van der Waals surface area contributed by atoms with E-state index >= 15 is 0 Å². The summed E-state index contributed by atoms with van der Waals surface area (Å²) in [5.74, 6) is 0.289. The summed E-state index contributed by atoms with van der Waals surface area (Å²) >= 11 is 5.90. The molecule has 0 amide bonds. The Bertz CT molecular complexity index is 569. The third-order valence-electron chi connectivity index (χ3n) is 1.83. The second-order valence-electron chi connectivity index (χ2n) is 2.80. The van der Waals surface area contributed by atoms with Crippen molar-refractivity contribution in [2.24, 2.45) is 0 Å². The molecule has 0 aliphatic carbocycles. The van der Waals surface area contributed by atoms with Crippen LogP contribution >= 0.6 is 11.6 Å². The lowest BCUT2D eigenvalue weighted by atomic mass is 10.4. The number of nitrogens with zero attached hydrogens (tertiary/aromatic N) is 4. The van der Waals surface area contributed by atoms with E-state index < -0.39 is 5.69 Å². The van der Waals surface area contributed by atoms with Gasteiger partial charge in [-0.1, -0.05) is 11.6 Å². The molecule has 0 fully saturated rings. The molecule has 82 valence electrons. The van der Waals surface area contributed by atoms with Gasteiger partial charge in [0.2, 0.25) is 0 Å². The number of methoxy groups -OCH3 is 1. The Labute approximate surface area is 95.5 Å². The van der Waals surface area contributed by atoms with Crippen LogP contribution in [0, 0.1) is 0 Å². The molecule has 2 aromatic heterocycles. The first kappa shape index (κ1) is 10.6. The van der Waals surface area contributed by atoms with Crippen LogP contribution in [0.1, 0.15) is 0 Å². The standard InChI is InChI=1S/C9H7ClN4O2/c1-16-8-12-5-14(9(15)13-8)7-6(10)3-2-4-11-7/h2-5H,1H3. The van der Waals surface area contributed by atoms with Crippen LogP contribution in [0.5, 0.6) is 6.01 Å². The fourth-order valence-corrected chi connectivity index (χ4v) is 1.33. The third-order valence-corrected chi connectivity index (χ3v) is 2.13. The molecule has 0 saturated heterocycles. The van der Waals surface area contributed by atoms with Gasteiger partial charge in [-0.25, -0.2) is 14.3 Å². The minimum absolute atomic E-state index is 0.00769. The van der Waals surface area contributed by atoms with E-state index in [1.165, 1.54) is 19.6 Å². The highest BCUT2D eigenvalue weighted by molar-refractivity contribution is 6.32. The molecule has 0 atom stereocenters. The summed E-state index contributed by atoms with van der Waals surface area (Å²) < 4.78 is 5.87. The number of hydrogen-bond donors (Lipinski definition) is 0. The molecule has 0 saturated carbocycles. The molecule has 0 spiro atoms. The Kier molecular flexibility index (Phi) is 2.82. The van der Waals surface area contributed by atoms with Gasteiger partial charge in [0.15, 0.2) is 5.82 Å². The van der Waals surface area contributed by atoms with Crippen molar-refractivity contribution < 1.29 is 4.74 Å². The highest BCUT2D eigenvalue weighted by Gasteiger charge is 2.07. The fraction of sp³-hybridized carbons (Fsp3) is 0.111. The van der Waals surface area contributed by atoms with E-state index in [1.807, 2.05) is 0 Å². The highest BCUT2D eigenvalue weighted by Crippen LogP contribution is 2.14. The monoisotopic (exact) mass is 238 g/mol. The lowest BCUT2D eigenvalue weighted by molar-refractivity contribution is 0.374. The van der Waals surface area contributed by atoms with Crippen LogP contribution in [-0.2, 0) is 0 Å². The molecular weight excluding hydrogens is 232 g/mol. The number of ether oxygens (including phenoxy) is 1. The largest absolute Gasteiger partial charge is 0.467 e. The summed E-state index contributed by atoms with van der Waals surface area (Å²) in [5, 5.41) is 0.346. The minimum Gasteiger partial charge on any atom is -0.467 e. The van der Waals surface area contributed by atoms with Crippen molar-refractivity contribution in [3.8, 4) is 11.8 Å². The Hall–Kier alpha value is -1.95. The zero-order valence-corrected chi connectivity index (χ0v) is 9.05. The Morgan fingerprint density at radius 3 is 2.88 bits per heavy atom. The molecule has 16 heavy (non-hydrogen) atoms. The molecule has 0 N–H and O–H groups in total. The highest BCUT2D eigenvalue weighted by atomic mass is 35.5. The first-order valence-electron chi connectivity index (χ1n) is 4.33. The average molecular weight is 239 g/mol. The van der Waals surface area contributed by atoms with Gasteiger partial charge in [0.05, 0.1) is 12.1 Å². The van der Waals surface area contributed by atoms with E-state index in [1.54, 1.807) is 12.1 Å². The quantitative estimate of drug-likeness (QED) is 0.770. The molecule has 2 rings (SSSR count). The molecule has 6 nitrogen and oxygen atoms in total. The van der Waals surface area contributed by atoms with Crippen molar-refractivity contribution in [1.29, 1.82) is 0 Å². The summed E-state index contributed by atoms with van der Waals surface area (Å²) in [7, 11) is 1.38. The number of pyridine rings is 1. The maximum Gasteiger partial charge on any atom is 0.359 e. The van der Waals surface area contributed by atoms with Crippen LogP contribution in [-0.4, -0.2) is 26.6 Å². The summed E-state index contributed by atoms with van der Waals surface area (Å²) in [6.07, 6.45) is 2.79. The summed E-state index contributed by atoms with van der Waals surface area (Å²) in [4.78, 5) is 23.0. The van der Waals surface area contributed by atoms with Gasteiger partial charge in [-0.15, -0.1) is 4.98 Å². The second kappa shape index (κ2) is 4.28. The molecule has 2 heterocycles. The second-order valence-corrected chi connectivity index (χ2v) is 3.21. The van der Waals surface area contributed by atoms with Crippen molar-refractivity contribution in [1.82, 2.24) is 19.5 Å². The van der Waals surface area contributed by atoms with Crippen LogP contribution in [0.4, 0.5) is 0 Å². The number of halogens is 1. The van der Waals surface area contributed by atoms with Crippen molar-refractivity contribution in [2.45, 2.75) is 0 Å². The lowest BCUT2D eigenvalue weighted by Gasteiger charge is -2.04. The Morgan fingerprint density at radius 1 is 1.44 bits per heavy atom. The number of aromatic nitrogens is 4. The number of rotatable bonds is 2. The van der Waals surface area contributed by atoms with E-state index in [0.29, 0.717) is 5.02 Å². The van der Waals surface area contributed by atoms with Crippen LogP contribution < -0.4 is 10.4 Å². The van der Waals surface area contributed by atoms with E-state index in [4.69, 9.17) is 16.3 Å². The Morgan fingerprint density at radius 2 is 2.25 bits per heavy atom. The zero-order valence-electron chi connectivity index (χ0n) is 8.29. The van der Waals surface area contributed by atoms with E-state index in [0.717, 1.165) is 4.57 Å². The van der Waals surface area contributed by atoms with E-state index in [2.05, 4.69) is 15.0 Å².